The molecule has 1 aliphatic rings. The molecule has 0 fully saturated rings. The summed E-state index contributed by atoms with van der Waals surface area (Å²) in [7, 11) is -2.58. The zero-order chi connectivity index (χ0) is 28.3. The third-order valence-corrected chi connectivity index (χ3v) is 11.1. The molecule has 1 aromatic heterocycles. The number of hydrogen-bond acceptors (Lipinski definition) is 6. The number of benzene rings is 3. The summed E-state index contributed by atoms with van der Waals surface area (Å²) in [6.07, 6.45) is 5.67. The molecule has 5 rings (SSSR count). The van der Waals surface area contributed by atoms with Crippen LogP contribution in [0.3, 0.4) is 0 Å². The van der Waals surface area contributed by atoms with Crippen molar-refractivity contribution < 1.29 is 22.3 Å². The van der Waals surface area contributed by atoms with Gasteiger partial charge in [0, 0.05) is 0 Å². The summed E-state index contributed by atoms with van der Waals surface area (Å²) in [5, 5.41) is 1.18. The summed E-state index contributed by atoms with van der Waals surface area (Å²) < 4.78 is 44.2. The van der Waals surface area contributed by atoms with Crippen LogP contribution in [0.2, 0.25) is 0 Å². The minimum absolute atomic E-state index is 0.0589. The van der Waals surface area contributed by atoms with Gasteiger partial charge in [-0.3, -0.25) is 0 Å². The number of ether oxygens (including phenoxy) is 1. The molecule has 9 heteroatoms. The second-order valence-corrected chi connectivity index (χ2v) is 14.3. The van der Waals surface area contributed by atoms with Crippen LogP contribution in [0.5, 0.6) is 5.75 Å². The fourth-order valence-electron chi connectivity index (χ4n) is 4.85. The third-order valence-electron chi connectivity index (χ3n) is 6.89. The first-order valence-corrected chi connectivity index (χ1v) is 17.4. The van der Waals surface area contributed by atoms with Crippen LogP contribution >= 0.6 is 11.8 Å². The van der Waals surface area contributed by atoms with E-state index in [1.165, 1.54) is 24.3 Å². The molecule has 0 amide bonds. The van der Waals surface area contributed by atoms with E-state index in [2.05, 4.69) is 77.9 Å². The Morgan fingerprint density at radius 2 is 1.88 bits per heavy atom. The van der Waals surface area contributed by atoms with Crippen molar-refractivity contribution in [3.8, 4) is 16.9 Å². The van der Waals surface area contributed by atoms with Crippen LogP contribution in [-0.2, 0) is 16.7 Å². The van der Waals surface area contributed by atoms with E-state index in [1.54, 1.807) is 18.9 Å². The van der Waals surface area contributed by atoms with E-state index < -0.39 is 10.1 Å². The first-order valence-electron chi connectivity index (χ1n) is 13.3. The minimum atomic E-state index is -4.27. The molecule has 0 saturated carbocycles. The van der Waals surface area contributed by atoms with Crippen molar-refractivity contribution in [2.45, 2.75) is 38.1 Å². The Kier molecular flexibility index (Phi) is 8.88. The second-order valence-electron chi connectivity index (χ2n) is 9.49. The average Bonchev–Trinajstić information content (AvgIpc) is 3.48. The molecular formula is C31H32N2O4S2Se. The molecule has 3 aromatic carbocycles. The van der Waals surface area contributed by atoms with Crippen LogP contribution in [0.1, 0.15) is 31.3 Å². The number of allylic oxidation sites excluding steroid dienone is 2. The van der Waals surface area contributed by atoms with E-state index in [1.807, 2.05) is 24.3 Å². The Hall–Kier alpha value is -2.81. The summed E-state index contributed by atoms with van der Waals surface area (Å²) >= 11 is 1.82. The number of fused-ring (bicyclic) bond motifs is 2. The number of aromatic nitrogens is 1. The first kappa shape index (κ1) is 28.7. The fraction of sp³-hybridized carbons (Fsp3) is 0.258. The van der Waals surface area contributed by atoms with Gasteiger partial charge in [0.05, 0.1) is 0 Å². The third kappa shape index (κ3) is 6.40. The molecule has 0 saturated heterocycles. The molecule has 4 aromatic rings. The summed E-state index contributed by atoms with van der Waals surface area (Å²) in [4.78, 5) is 3.53. The predicted octanol–water partition coefficient (Wildman–Crippen LogP) is 6.06. The molecule has 6 nitrogen and oxygen atoms in total. The van der Waals surface area contributed by atoms with Gasteiger partial charge < -0.3 is 0 Å². The van der Waals surface area contributed by atoms with Gasteiger partial charge in [0.2, 0.25) is 0 Å². The summed E-state index contributed by atoms with van der Waals surface area (Å²) in [6, 6.07) is 23.0. The summed E-state index contributed by atoms with van der Waals surface area (Å²) in [6.45, 7) is 5.64. The Morgan fingerprint density at radius 3 is 2.58 bits per heavy atom. The van der Waals surface area contributed by atoms with E-state index in [9.17, 15) is 13.0 Å². The number of thioether (sulfide) groups is 1. The Bertz CT molecular complexity index is 1700. The van der Waals surface area contributed by atoms with Gasteiger partial charge in [0.25, 0.3) is 0 Å². The Morgan fingerprint density at radius 1 is 1.07 bits per heavy atom. The fourth-order valence-corrected chi connectivity index (χ4v) is 8.92. The Balaban J connectivity index is 1.55. The standard InChI is InChI=1S/C31H32N2O4S2Se/c1-4-22(18-30-32(5-2)26-21-25(37-3)13-14-28(26)38-30)19-31-33(16-9-17-39(34,35)36)27-20-24(12-15-29(27)40-31)23-10-7-6-8-11-23/h6-8,10-15,18-21H,4-5,9,16-17H2,1-3H3. The Labute approximate surface area is 246 Å². The number of rotatable bonds is 10. The van der Waals surface area contributed by atoms with Gasteiger partial charge >= 0.3 is 247 Å². The van der Waals surface area contributed by atoms with Crippen molar-refractivity contribution in [1.29, 1.82) is 0 Å². The van der Waals surface area contributed by atoms with Crippen LogP contribution in [0, 0.1) is 0 Å². The van der Waals surface area contributed by atoms with E-state index in [0.717, 1.165) is 41.0 Å². The van der Waals surface area contributed by atoms with Crippen molar-refractivity contribution in [3.05, 3.63) is 88.0 Å². The van der Waals surface area contributed by atoms with Gasteiger partial charge in [-0.25, -0.2) is 0 Å². The number of anilines is 1. The van der Waals surface area contributed by atoms with Crippen LogP contribution in [0.15, 0.2) is 88.3 Å². The van der Waals surface area contributed by atoms with Crippen LogP contribution < -0.4 is 14.2 Å². The SMILES string of the molecule is CCC(=C/c1[se]c2ccc(-c3ccccc3)cc2[n+]1CCCS(=O)(=O)[O-])/C=C1/Sc2ccc(OC)cc2N1CC. The molecule has 0 unspecified atom stereocenters. The molecule has 0 radical (unpaired) electrons. The number of nitrogens with zero attached hydrogens (tertiary/aromatic N) is 2. The van der Waals surface area contributed by atoms with Gasteiger partial charge in [-0.15, -0.1) is 0 Å². The number of aryl methyl sites for hydroxylation is 1. The normalized spacial score (nSPS) is 14.8. The van der Waals surface area contributed by atoms with Gasteiger partial charge in [0.1, 0.15) is 0 Å². The molecule has 40 heavy (non-hydrogen) atoms. The number of hydrogen-bond donors (Lipinski definition) is 0. The predicted molar refractivity (Wildman–Crippen MR) is 164 cm³/mol. The topological polar surface area (TPSA) is 73.5 Å². The van der Waals surface area contributed by atoms with Crippen LogP contribution in [0.25, 0.3) is 27.0 Å². The van der Waals surface area contributed by atoms with Gasteiger partial charge in [-0.2, -0.15) is 0 Å². The van der Waals surface area contributed by atoms with Crippen molar-refractivity contribution in [2.75, 3.05) is 24.3 Å². The van der Waals surface area contributed by atoms with Crippen LogP contribution in [0.4, 0.5) is 5.69 Å². The van der Waals surface area contributed by atoms with Gasteiger partial charge in [0.15, 0.2) is 0 Å². The van der Waals surface area contributed by atoms with Gasteiger partial charge in [-0.05, 0) is 0 Å². The first-order chi connectivity index (χ1) is 19.3. The zero-order valence-corrected chi connectivity index (χ0v) is 26.1. The molecule has 208 valence electrons. The van der Waals surface area contributed by atoms with Crippen molar-refractivity contribution in [3.63, 3.8) is 0 Å². The van der Waals surface area contributed by atoms with Crippen molar-refractivity contribution in [1.82, 2.24) is 0 Å². The quantitative estimate of drug-likeness (QED) is 0.119. The van der Waals surface area contributed by atoms with E-state index in [0.29, 0.717) is 6.54 Å². The van der Waals surface area contributed by atoms with Crippen molar-refractivity contribution >= 4 is 57.9 Å². The molecule has 2 heterocycles. The molecule has 1 aliphatic heterocycles. The molecule has 0 spiro atoms. The second kappa shape index (κ2) is 12.4. The average molecular weight is 640 g/mol. The maximum absolute atomic E-state index is 11.4. The van der Waals surface area contributed by atoms with E-state index in [-0.39, 0.29) is 26.7 Å². The van der Waals surface area contributed by atoms with Crippen molar-refractivity contribution in [2.24, 2.45) is 0 Å². The number of methoxy groups -OCH3 is 1. The van der Waals surface area contributed by atoms with E-state index >= 15 is 0 Å². The molecular weight excluding hydrogens is 607 g/mol. The molecule has 0 bridgehead atoms. The zero-order valence-electron chi connectivity index (χ0n) is 22.8. The summed E-state index contributed by atoms with van der Waals surface area (Å²) in [5.74, 6) is 0.480. The molecule has 0 atom stereocenters. The monoisotopic (exact) mass is 640 g/mol. The maximum atomic E-state index is 11.4. The molecule has 0 N–H and O–H groups in total. The van der Waals surface area contributed by atoms with E-state index in [4.69, 9.17) is 4.74 Å². The van der Waals surface area contributed by atoms with Gasteiger partial charge in [-0.1, -0.05) is 0 Å². The molecule has 0 aliphatic carbocycles. The summed E-state index contributed by atoms with van der Waals surface area (Å²) in [5.41, 5.74) is 5.72. The van der Waals surface area contributed by atoms with Crippen LogP contribution in [-0.4, -0.2) is 46.9 Å².